The first kappa shape index (κ1) is 28.1. The van der Waals surface area contributed by atoms with Crippen LogP contribution in [0.5, 0.6) is 0 Å². The summed E-state index contributed by atoms with van der Waals surface area (Å²) >= 11 is -0.556. The molecule has 180 valence electrons. The van der Waals surface area contributed by atoms with Gasteiger partial charge >= 0.3 is 35.6 Å². The molecule has 0 N–H and O–H groups in total. The molecule has 1 saturated heterocycles. The van der Waals surface area contributed by atoms with Gasteiger partial charge in [0.15, 0.2) is 0 Å². The van der Waals surface area contributed by atoms with Crippen molar-refractivity contribution >= 4 is 43.2 Å². The number of allylic oxidation sites excluding steroid dienone is 4. The minimum absolute atomic E-state index is 0. The van der Waals surface area contributed by atoms with E-state index in [1.165, 1.54) is 29.2 Å². The summed E-state index contributed by atoms with van der Waals surface area (Å²) in [5.74, 6) is 2.04. The number of nitrogens with zero attached hydrogens (tertiary/aromatic N) is 3. The van der Waals surface area contributed by atoms with Gasteiger partial charge in [0.25, 0.3) is 0 Å². The number of hydrogen-bond acceptors (Lipinski definition) is 1. The predicted molar refractivity (Wildman–Crippen MR) is 149 cm³/mol. The van der Waals surface area contributed by atoms with E-state index in [0.717, 1.165) is 24.8 Å². The Morgan fingerprint density at radius 2 is 1.74 bits per heavy atom. The summed E-state index contributed by atoms with van der Waals surface area (Å²) in [6.45, 7) is 9.98. The van der Waals surface area contributed by atoms with Gasteiger partial charge in [0.1, 0.15) is 8.24 Å². The molecule has 1 saturated carbocycles. The molecule has 7 heteroatoms. The zero-order valence-electron chi connectivity index (χ0n) is 20.7. The van der Waals surface area contributed by atoms with Crippen molar-refractivity contribution in [3.05, 3.63) is 84.3 Å². The molecule has 0 amide bonds. The third-order valence-corrected chi connectivity index (χ3v) is 12.4. The molecule has 1 heterocycles. The van der Waals surface area contributed by atoms with Crippen molar-refractivity contribution in [2.24, 2.45) is 17.8 Å². The Morgan fingerprint density at radius 1 is 1.06 bits per heavy atom. The molecule has 2 aromatic rings. The van der Waals surface area contributed by atoms with Crippen LogP contribution in [0.3, 0.4) is 0 Å². The first-order chi connectivity index (χ1) is 16.0. The molecular formula is C27H36Cl2N3SiTi+. The van der Waals surface area contributed by atoms with Crippen molar-refractivity contribution in [2.75, 3.05) is 20.0 Å². The average Bonchev–Trinajstić information content (AvgIpc) is 3.24. The SMILES string of the molecule is CCC1CC2C(c3cccc4ccccc34)=CC=CC2C1[Si](C)(C)N1C[N-]C[N-]C1.[CH3-].[Cl][Ti+4][Cl]. The van der Waals surface area contributed by atoms with Crippen LogP contribution in [0.25, 0.3) is 27.0 Å². The standard InChI is InChI=1S/C26H33N3Si.CH3.2ClH.Ti/c1-4-19-15-25-23(22-12-7-10-20-9-5-6-11-21(20)22)13-8-14-24(25)26(19)30(2,3)29-17-27-16-28-18-29;;;;/h5-14,19,24-26H,4,15-18H2,1-3H3;1H3;2*1H;/q-2;-1;;;+6/p-2. The van der Waals surface area contributed by atoms with Crippen molar-refractivity contribution in [1.29, 1.82) is 0 Å². The number of benzene rings is 2. The molecule has 1 aliphatic heterocycles. The molecule has 0 spiro atoms. The van der Waals surface area contributed by atoms with Crippen molar-refractivity contribution in [3.63, 3.8) is 0 Å². The molecule has 0 bridgehead atoms. The normalized spacial score (nSPS) is 26.9. The first-order valence-electron chi connectivity index (χ1n) is 11.9. The summed E-state index contributed by atoms with van der Waals surface area (Å²) < 4.78 is 2.63. The summed E-state index contributed by atoms with van der Waals surface area (Å²) in [7, 11) is 8.10. The third-order valence-electron chi connectivity index (χ3n) is 7.95. The van der Waals surface area contributed by atoms with E-state index in [1.807, 2.05) is 0 Å². The van der Waals surface area contributed by atoms with Gasteiger partial charge in [-0.15, -0.1) is 13.3 Å². The van der Waals surface area contributed by atoms with Crippen molar-refractivity contribution in [1.82, 2.24) is 4.57 Å². The Labute approximate surface area is 224 Å². The molecule has 2 aliphatic carbocycles. The molecule has 34 heavy (non-hydrogen) atoms. The molecule has 3 nitrogen and oxygen atoms in total. The second-order valence-electron chi connectivity index (χ2n) is 9.78. The van der Waals surface area contributed by atoms with E-state index in [1.54, 1.807) is 5.57 Å². The van der Waals surface area contributed by atoms with E-state index in [0.29, 0.717) is 18.5 Å². The molecule has 0 aromatic heterocycles. The van der Waals surface area contributed by atoms with Crippen LogP contribution >= 0.6 is 18.6 Å². The average molecular weight is 549 g/mol. The zero-order valence-corrected chi connectivity index (χ0v) is 24.8. The van der Waals surface area contributed by atoms with Gasteiger partial charge in [0, 0.05) is 0 Å². The van der Waals surface area contributed by atoms with Gasteiger partial charge in [0.2, 0.25) is 0 Å². The molecule has 5 rings (SSSR count). The van der Waals surface area contributed by atoms with Crippen LogP contribution < -0.4 is 0 Å². The molecule has 3 aliphatic rings. The molecule has 4 unspecified atom stereocenters. The van der Waals surface area contributed by atoms with Crippen molar-refractivity contribution in [2.45, 2.75) is 38.4 Å². The van der Waals surface area contributed by atoms with Gasteiger partial charge in [-0.25, -0.2) is 0 Å². The number of hydrogen-bond donors (Lipinski definition) is 0. The maximum absolute atomic E-state index is 4.89. The Morgan fingerprint density at radius 3 is 2.44 bits per heavy atom. The van der Waals surface area contributed by atoms with Gasteiger partial charge in [0.05, 0.1) is 0 Å². The van der Waals surface area contributed by atoms with Crippen LogP contribution in [0.4, 0.5) is 0 Å². The van der Waals surface area contributed by atoms with Crippen LogP contribution in [0.2, 0.25) is 18.6 Å². The van der Waals surface area contributed by atoms with Gasteiger partial charge in [-0.2, -0.15) is 0 Å². The summed E-state index contributed by atoms with van der Waals surface area (Å²) in [5.41, 5.74) is 3.74. The fourth-order valence-corrected chi connectivity index (χ4v) is 10.6. The molecular weight excluding hydrogens is 513 g/mol. The number of rotatable bonds is 4. The molecule has 2 fully saturated rings. The fraction of sp³-hybridized carbons (Fsp3) is 0.444. The predicted octanol–water partition coefficient (Wildman–Crippen LogP) is 8.79. The van der Waals surface area contributed by atoms with Gasteiger partial charge in [-0.1, -0.05) is 87.1 Å². The Bertz CT molecular complexity index is 1000. The van der Waals surface area contributed by atoms with Gasteiger partial charge < -0.3 is 22.6 Å². The van der Waals surface area contributed by atoms with Crippen molar-refractivity contribution < 1.29 is 17.0 Å². The number of fused-ring (bicyclic) bond motifs is 2. The van der Waals surface area contributed by atoms with E-state index >= 15 is 0 Å². The Kier molecular flexibility index (Phi) is 10.5. The first-order valence-corrected chi connectivity index (χ1v) is 19.2. The van der Waals surface area contributed by atoms with E-state index in [9.17, 15) is 0 Å². The van der Waals surface area contributed by atoms with E-state index in [-0.39, 0.29) is 7.43 Å². The summed E-state index contributed by atoms with van der Waals surface area (Å²) in [6, 6.07) is 15.6. The van der Waals surface area contributed by atoms with Gasteiger partial charge in [-0.05, 0) is 51.6 Å². The van der Waals surface area contributed by atoms with Crippen LogP contribution in [0, 0.1) is 25.2 Å². The summed E-state index contributed by atoms with van der Waals surface area (Å²) in [5, 5.41) is 12.0. The quantitative estimate of drug-likeness (QED) is 0.277. The monoisotopic (exact) mass is 548 g/mol. The molecule has 2 aromatic carbocycles. The third kappa shape index (κ3) is 5.60. The topological polar surface area (TPSA) is 31.4 Å². The summed E-state index contributed by atoms with van der Waals surface area (Å²) in [4.78, 5) is 0. The van der Waals surface area contributed by atoms with Crippen LogP contribution in [0.1, 0.15) is 25.3 Å². The van der Waals surface area contributed by atoms with E-state index < -0.39 is 25.3 Å². The van der Waals surface area contributed by atoms with Crippen LogP contribution in [-0.4, -0.2) is 32.8 Å². The number of halogens is 2. The molecule has 0 radical (unpaired) electrons. The second kappa shape index (κ2) is 12.7. The zero-order chi connectivity index (χ0) is 23.4. The van der Waals surface area contributed by atoms with Crippen molar-refractivity contribution in [3.8, 4) is 0 Å². The fourth-order valence-electron chi connectivity index (χ4n) is 6.45. The Hall–Kier alpha value is -0.429. The second-order valence-corrected chi connectivity index (χ2v) is 17.0. The summed E-state index contributed by atoms with van der Waals surface area (Å²) in [6.07, 6.45) is 9.86. The van der Waals surface area contributed by atoms with Gasteiger partial charge in [-0.3, -0.25) is 6.67 Å². The van der Waals surface area contributed by atoms with Crippen LogP contribution in [0.15, 0.2) is 60.7 Å². The maximum atomic E-state index is 4.89. The molecule has 4 atom stereocenters. The van der Waals surface area contributed by atoms with E-state index in [2.05, 4.69) is 95.9 Å². The van der Waals surface area contributed by atoms with E-state index in [4.69, 9.17) is 18.6 Å². The van der Waals surface area contributed by atoms with Crippen LogP contribution in [-0.2, 0) is 17.0 Å². The Balaban J connectivity index is 0.000000771. The minimum atomic E-state index is -1.68.